The van der Waals surface area contributed by atoms with E-state index in [4.69, 9.17) is 0 Å². The molecule has 0 N–H and O–H groups in total. The highest BCUT2D eigenvalue weighted by molar-refractivity contribution is 5.15. The van der Waals surface area contributed by atoms with E-state index >= 15 is 0 Å². The zero-order chi connectivity index (χ0) is 13.3. The summed E-state index contributed by atoms with van der Waals surface area (Å²) in [6.07, 6.45) is 4.45. The van der Waals surface area contributed by atoms with E-state index in [-0.39, 0.29) is 0 Å². The molecule has 17 heavy (non-hydrogen) atoms. The Labute approximate surface area is 109 Å². The monoisotopic (exact) mass is 236 g/mol. The van der Waals surface area contributed by atoms with Crippen LogP contribution in [0.2, 0.25) is 0 Å². The summed E-state index contributed by atoms with van der Waals surface area (Å²) in [6.45, 7) is 20.0. The first-order valence-electron chi connectivity index (χ1n) is 7.46. The highest BCUT2D eigenvalue weighted by atomic mass is 14.7. The quantitative estimate of drug-likeness (QED) is 0.562. The summed E-state index contributed by atoms with van der Waals surface area (Å²) in [5.74, 6) is 1.93. The predicted octanol–water partition coefficient (Wildman–Crippen LogP) is 5.52. The number of fused-ring (bicyclic) bond motifs is 2. The van der Waals surface area contributed by atoms with Crippen molar-refractivity contribution in [3.63, 3.8) is 0 Å². The van der Waals surface area contributed by atoms with Gasteiger partial charge >= 0.3 is 0 Å². The van der Waals surface area contributed by atoms with Crippen LogP contribution in [0.4, 0.5) is 0 Å². The Morgan fingerprint density at radius 3 is 1.65 bits per heavy atom. The summed E-state index contributed by atoms with van der Waals surface area (Å²) in [6, 6.07) is 0. The zero-order valence-electron chi connectivity index (χ0n) is 13.3. The van der Waals surface area contributed by atoms with Crippen molar-refractivity contribution in [3.05, 3.63) is 0 Å². The van der Waals surface area contributed by atoms with Crippen molar-refractivity contribution >= 4 is 0 Å². The first-order valence-corrected chi connectivity index (χ1v) is 7.46. The van der Waals surface area contributed by atoms with Crippen molar-refractivity contribution in [3.8, 4) is 0 Å². The maximum atomic E-state index is 2.60. The molecule has 0 aromatic carbocycles. The molecule has 0 spiro atoms. The van der Waals surface area contributed by atoms with Gasteiger partial charge in [0, 0.05) is 0 Å². The fourth-order valence-electron chi connectivity index (χ4n) is 5.21. The average Bonchev–Trinajstić information content (AvgIpc) is 2.67. The molecule has 0 aliphatic heterocycles. The molecule has 2 aliphatic rings. The fourth-order valence-corrected chi connectivity index (χ4v) is 5.21. The third-order valence-corrected chi connectivity index (χ3v) is 7.78. The molecule has 0 heterocycles. The summed E-state index contributed by atoms with van der Waals surface area (Å²) < 4.78 is 0. The normalized spacial score (nSPS) is 40.9. The van der Waals surface area contributed by atoms with E-state index in [1.54, 1.807) is 0 Å². The summed E-state index contributed by atoms with van der Waals surface area (Å²) in [5, 5.41) is 0. The van der Waals surface area contributed by atoms with Crippen LogP contribution in [0.5, 0.6) is 0 Å². The van der Waals surface area contributed by atoms with Crippen LogP contribution in [-0.2, 0) is 0 Å². The van der Waals surface area contributed by atoms with E-state index in [1.165, 1.54) is 19.3 Å². The second-order valence-electron chi connectivity index (χ2n) is 9.01. The van der Waals surface area contributed by atoms with E-state index in [0.29, 0.717) is 21.7 Å². The zero-order valence-corrected chi connectivity index (χ0v) is 13.3. The highest BCUT2D eigenvalue weighted by Gasteiger charge is 2.67. The van der Waals surface area contributed by atoms with E-state index in [2.05, 4.69) is 55.4 Å². The molecule has 0 saturated heterocycles. The first-order chi connectivity index (χ1) is 7.46. The predicted molar refractivity (Wildman–Crippen MR) is 76.0 cm³/mol. The Morgan fingerprint density at radius 2 is 1.29 bits per heavy atom. The average molecular weight is 236 g/mol. The molecule has 2 rings (SSSR count). The van der Waals surface area contributed by atoms with Gasteiger partial charge in [0.2, 0.25) is 0 Å². The van der Waals surface area contributed by atoms with Crippen molar-refractivity contribution in [1.29, 1.82) is 0 Å². The lowest BCUT2D eigenvalue weighted by Crippen LogP contribution is -2.55. The Bertz CT molecular complexity index is 315. The SMILES string of the molecule is CC(C)(C)C(C)(C)C1(C)C2CCC(C2)C1(C)C. The summed E-state index contributed by atoms with van der Waals surface area (Å²) in [4.78, 5) is 0. The van der Waals surface area contributed by atoms with Crippen LogP contribution in [0.15, 0.2) is 0 Å². The summed E-state index contributed by atoms with van der Waals surface area (Å²) in [5.41, 5.74) is 1.76. The number of hydrogen-bond donors (Lipinski definition) is 0. The molecule has 2 bridgehead atoms. The van der Waals surface area contributed by atoms with E-state index in [1.807, 2.05) is 0 Å². The molecule has 3 unspecified atom stereocenters. The number of hydrogen-bond acceptors (Lipinski definition) is 0. The van der Waals surface area contributed by atoms with Crippen molar-refractivity contribution in [2.24, 2.45) is 33.5 Å². The fraction of sp³-hybridized carbons (Fsp3) is 1.00. The maximum absolute atomic E-state index is 2.60. The molecule has 0 radical (unpaired) electrons. The molecule has 0 aromatic rings. The molecular formula is C17H32. The van der Waals surface area contributed by atoms with Gasteiger partial charge in [-0.3, -0.25) is 0 Å². The Morgan fingerprint density at radius 1 is 0.824 bits per heavy atom. The van der Waals surface area contributed by atoms with Gasteiger partial charge in [0.05, 0.1) is 0 Å². The highest BCUT2D eigenvalue weighted by Crippen LogP contribution is 2.74. The van der Waals surface area contributed by atoms with Gasteiger partial charge in [-0.15, -0.1) is 0 Å². The molecule has 100 valence electrons. The van der Waals surface area contributed by atoms with Crippen LogP contribution in [0.3, 0.4) is 0 Å². The van der Waals surface area contributed by atoms with Crippen molar-refractivity contribution in [2.45, 2.75) is 74.7 Å². The molecule has 0 nitrogen and oxygen atoms in total. The van der Waals surface area contributed by atoms with E-state index in [9.17, 15) is 0 Å². The topological polar surface area (TPSA) is 0 Å². The van der Waals surface area contributed by atoms with Gasteiger partial charge in [-0.25, -0.2) is 0 Å². The maximum Gasteiger partial charge on any atom is -0.0187 e. The van der Waals surface area contributed by atoms with Gasteiger partial charge in [0.15, 0.2) is 0 Å². The molecule has 0 aromatic heterocycles. The smallest absolute Gasteiger partial charge is 0.0187 e. The van der Waals surface area contributed by atoms with Crippen LogP contribution in [-0.4, -0.2) is 0 Å². The van der Waals surface area contributed by atoms with E-state index < -0.39 is 0 Å². The molecule has 2 aliphatic carbocycles. The Kier molecular flexibility index (Phi) is 2.61. The number of rotatable bonds is 1. The first kappa shape index (κ1) is 13.4. The van der Waals surface area contributed by atoms with Gasteiger partial charge in [0.1, 0.15) is 0 Å². The van der Waals surface area contributed by atoms with Crippen molar-refractivity contribution < 1.29 is 0 Å². The lowest BCUT2D eigenvalue weighted by Gasteiger charge is -2.61. The lowest BCUT2D eigenvalue weighted by molar-refractivity contribution is -0.132. The Hall–Kier alpha value is 0. The molecular weight excluding hydrogens is 204 g/mol. The van der Waals surface area contributed by atoms with Gasteiger partial charge in [-0.2, -0.15) is 0 Å². The van der Waals surface area contributed by atoms with Crippen LogP contribution < -0.4 is 0 Å². The second-order valence-corrected chi connectivity index (χ2v) is 9.01. The van der Waals surface area contributed by atoms with Gasteiger partial charge in [-0.1, -0.05) is 55.4 Å². The third kappa shape index (κ3) is 1.36. The van der Waals surface area contributed by atoms with Crippen LogP contribution in [0, 0.1) is 33.5 Å². The second kappa shape index (κ2) is 3.31. The molecule has 0 heteroatoms. The van der Waals surface area contributed by atoms with Crippen LogP contribution in [0.25, 0.3) is 0 Å². The van der Waals surface area contributed by atoms with E-state index in [0.717, 1.165) is 11.8 Å². The molecule has 3 atom stereocenters. The van der Waals surface area contributed by atoms with Gasteiger partial charge in [-0.05, 0) is 52.8 Å². The van der Waals surface area contributed by atoms with Gasteiger partial charge in [0.25, 0.3) is 0 Å². The minimum Gasteiger partial charge on any atom is -0.0596 e. The molecule has 2 saturated carbocycles. The van der Waals surface area contributed by atoms with Crippen molar-refractivity contribution in [2.75, 3.05) is 0 Å². The summed E-state index contributed by atoms with van der Waals surface area (Å²) in [7, 11) is 0. The van der Waals surface area contributed by atoms with Crippen LogP contribution in [0.1, 0.15) is 74.7 Å². The summed E-state index contributed by atoms with van der Waals surface area (Å²) >= 11 is 0. The van der Waals surface area contributed by atoms with Gasteiger partial charge < -0.3 is 0 Å². The van der Waals surface area contributed by atoms with Crippen molar-refractivity contribution in [1.82, 2.24) is 0 Å². The minimum absolute atomic E-state index is 0.378. The third-order valence-electron chi connectivity index (χ3n) is 7.78. The lowest BCUT2D eigenvalue weighted by atomic mass is 9.43. The van der Waals surface area contributed by atoms with Crippen LogP contribution >= 0.6 is 0 Å². The minimum atomic E-state index is 0.378. The standard InChI is InChI=1S/C17H32/c1-14(2,3)16(6,7)17(8)13-10-9-12(11-13)15(17,4)5/h12-13H,9-11H2,1-8H3. The molecule has 2 fully saturated rings. The Balaban J connectivity index is 2.50. The molecule has 0 amide bonds. The largest absolute Gasteiger partial charge is 0.0596 e.